The molecule has 182 valence electrons. The van der Waals surface area contributed by atoms with Crippen LogP contribution in [0.1, 0.15) is 56.7 Å². The van der Waals surface area contributed by atoms with Crippen molar-refractivity contribution in [2.24, 2.45) is 0 Å². The molecule has 2 heterocycles. The minimum absolute atomic E-state index is 0.0220. The van der Waals surface area contributed by atoms with Crippen LogP contribution < -0.4 is 9.15 Å². The van der Waals surface area contributed by atoms with Gasteiger partial charge in [0.1, 0.15) is 16.4 Å². The zero-order valence-corrected chi connectivity index (χ0v) is 20.8. The molecule has 1 N–H and O–H groups in total. The Labute approximate surface area is 209 Å². The molecule has 0 spiro atoms. The van der Waals surface area contributed by atoms with E-state index in [4.69, 9.17) is 9.72 Å². The number of carboxylic acid groups (broad SMARTS) is 1. The molecule has 0 radical (unpaired) electrons. The van der Waals surface area contributed by atoms with Crippen molar-refractivity contribution < 1.29 is 23.1 Å². The molecule has 2 aliphatic rings. The summed E-state index contributed by atoms with van der Waals surface area (Å²) in [7, 11) is -1.65. The Morgan fingerprint density at radius 3 is 2.63 bits per heavy atom. The highest BCUT2D eigenvalue weighted by molar-refractivity contribution is 7.73. The van der Waals surface area contributed by atoms with Crippen LogP contribution in [0.25, 0.3) is 5.57 Å². The van der Waals surface area contributed by atoms with Crippen molar-refractivity contribution in [3.05, 3.63) is 81.3 Å². The summed E-state index contributed by atoms with van der Waals surface area (Å²) < 4.78 is 30.9. The quantitative estimate of drug-likeness (QED) is 0.452. The van der Waals surface area contributed by atoms with Gasteiger partial charge in [-0.2, -0.15) is 9.42 Å². The number of benzene rings is 2. The number of allylic oxidation sites excluding steroid dienone is 2. The molecule has 0 saturated heterocycles. The van der Waals surface area contributed by atoms with Gasteiger partial charge in [-0.25, -0.2) is 18.2 Å². The Hall–Kier alpha value is -3.21. The zero-order valence-electron chi connectivity index (χ0n) is 19.1. The van der Waals surface area contributed by atoms with Gasteiger partial charge in [-0.3, -0.25) is 0 Å². The number of carboxylic acids is 1. The molecule has 1 aromatic heterocycles. The number of hydrogen-bond donors (Lipinski definition) is 2. The number of fused-ring (bicyclic) bond motifs is 1. The summed E-state index contributed by atoms with van der Waals surface area (Å²) in [6.45, 7) is 0.749. The Kier molecular flexibility index (Phi) is 6.59. The monoisotopic (exact) mass is 511 g/mol. The number of rotatable bonds is 7. The standard InChI is InChI=1S/C25H25N3O5S2/c1-33-22-13-19(25(29)30)11-12-21(22)28(35(31)32)27-14-20-23(15-27)34-24(26-20)18-9-7-17(8-10-18)16-5-3-2-4-6-16/h2-6,9,11-13,17,35H,7-8,10,14-15H2,1H3,(H,29,30). The number of hydrogen-bond acceptors (Lipinski definition) is 7. The maximum absolute atomic E-state index is 12.2. The normalized spacial score (nSPS) is 17.8. The number of nitrogens with zero attached hydrogens (tertiary/aromatic N) is 3. The zero-order chi connectivity index (χ0) is 24.5. The van der Waals surface area contributed by atoms with Crippen LogP contribution in [0.4, 0.5) is 5.69 Å². The fourth-order valence-electron chi connectivity index (χ4n) is 4.67. The van der Waals surface area contributed by atoms with Gasteiger partial charge in [0, 0.05) is 4.88 Å². The van der Waals surface area contributed by atoms with E-state index in [9.17, 15) is 18.3 Å². The Morgan fingerprint density at radius 2 is 2.00 bits per heavy atom. The number of thiol groups is 1. The SMILES string of the molecule is COc1cc(C(=O)O)ccc1N(N1Cc2nc(C3=CCC(c4ccccc4)CC3)sc2C1)[SH](=O)=O. The van der Waals surface area contributed by atoms with Crippen LogP contribution in [0.3, 0.4) is 0 Å². The molecule has 1 atom stereocenters. The number of thiazole rings is 1. The third kappa shape index (κ3) is 4.69. The molecular formula is C25H25N3O5S2. The van der Waals surface area contributed by atoms with Gasteiger partial charge in [-0.15, -0.1) is 11.3 Å². The molecule has 0 amide bonds. The lowest BCUT2D eigenvalue weighted by Crippen LogP contribution is -2.38. The number of hydrazine groups is 1. The first-order valence-electron chi connectivity index (χ1n) is 11.3. The second kappa shape index (κ2) is 9.80. The van der Waals surface area contributed by atoms with Crippen molar-refractivity contribution in [2.75, 3.05) is 11.5 Å². The fraction of sp³-hybridized carbons (Fsp3) is 0.280. The summed E-state index contributed by atoms with van der Waals surface area (Å²) in [5.74, 6) is -0.403. The van der Waals surface area contributed by atoms with Gasteiger partial charge < -0.3 is 9.84 Å². The van der Waals surface area contributed by atoms with E-state index in [1.54, 1.807) is 16.3 Å². The Bertz CT molecular complexity index is 1340. The van der Waals surface area contributed by atoms with Crippen LogP contribution in [-0.4, -0.2) is 36.6 Å². The number of aromatic nitrogens is 1. The third-order valence-electron chi connectivity index (χ3n) is 6.46. The van der Waals surface area contributed by atoms with Crippen molar-refractivity contribution in [3.8, 4) is 5.75 Å². The van der Waals surface area contributed by atoms with Gasteiger partial charge in [0.05, 0.1) is 31.5 Å². The highest BCUT2D eigenvalue weighted by Gasteiger charge is 2.32. The summed E-state index contributed by atoms with van der Waals surface area (Å²) in [6.07, 6.45) is 5.35. The first-order valence-corrected chi connectivity index (χ1v) is 13.2. The highest BCUT2D eigenvalue weighted by Crippen LogP contribution is 2.40. The van der Waals surface area contributed by atoms with E-state index in [0.717, 1.165) is 39.3 Å². The van der Waals surface area contributed by atoms with E-state index in [1.807, 2.05) is 6.07 Å². The average molecular weight is 512 g/mol. The number of carbonyl (C=O) groups is 1. The van der Waals surface area contributed by atoms with Crippen LogP contribution in [-0.2, 0) is 24.0 Å². The van der Waals surface area contributed by atoms with Crippen LogP contribution >= 0.6 is 11.3 Å². The van der Waals surface area contributed by atoms with E-state index in [-0.39, 0.29) is 17.0 Å². The fourth-order valence-corrected chi connectivity index (χ4v) is 6.49. The molecule has 1 aliphatic heterocycles. The van der Waals surface area contributed by atoms with Gasteiger partial charge >= 0.3 is 5.97 Å². The van der Waals surface area contributed by atoms with Crippen LogP contribution in [0.5, 0.6) is 5.75 Å². The van der Waals surface area contributed by atoms with E-state index in [1.165, 1.54) is 36.4 Å². The second-order valence-corrected chi connectivity index (χ2v) is 10.5. The summed E-state index contributed by atoms with van der Waals surface area (Å²) in [5, 5.41) is 11.9. The topological polar surface area (TPSA) is 100 Å². The highest BCUT2D eigenvalue weighted by atomic mass is 32.2. The molecular weight excluding hydrogens is 486 g/mol. The maximum atomic E-state index is 12.2. The predicted octanol–water partition coefficient (Wildman–Crippen LogP) is 4.46. The molecule has 3 aromatic rings. The summed E-state index contributed by atoms with van der Waals surface area (Å²) in [5.41, 5.74) is 3.80. The number of aromatic carboxylic acids is 1. The lowest BCUT2D eigenvalue weighted by molar-refractivity contribution is 0.0696. The molecule has 10 heteroatoms. The predicted molar refractivity (Wildman–Crippen MR) is 135 cm³/mol. The van der Waals surface area contributed by atoms with E-state index in [0.29, 0.717) is 19.0 Å². The summed E-state index contributed by atoms with van der Waals surface area (Å²) in [4.78, 5) is 17.2. The Morgan fingerprint density at radius 1 is 1.20 bits per heavy atom. The average Bonchev–Trinajstić information content (AvgIpc) is 3.44. The molecule has 0 bridgehead atoms. The molecule has 0 saturated carbocycles. The van der Waals surface area contributed by atoms with Crippen LogP contribution in [0, 0.1) is 0 Å². The molecule has 2 aromatic carbocycles. The van der Waals surface area contributed by atoms with Crippen LogP contribution in [0.2, 0.25) is 0 Å². The van der Waals surface area contributed by atoms with E-state index < -0.39 is 16.9 Å². The second-order valence-electron chi connectivity index (χ2n) is 8.54. The summed E-state index contributed by atoms with van der Waals surface area (Å²) >= 11 is 1.62. The van der Waals surface area contributed by atoms with Crippen molar-refractivity contribution in [1.29, 1.82) is 0 Å². The number of anilines is 1. The van der Waals surface area contributed by atoms with Gasteiger partial charge in [-0.05, 0) is 54.5 Å². The van der Waals surface area contributed by atoms with Crippen molar-refractivity contribution >= 4 is 39.5 Å². The molecule has 1 unspecified atom stereocenters. The van der Waals surface area contributed by atoms with Gasteiger partial charge in [0.15, 0.2) is 0 Å². The van der Waals surface area contributed by atoms with Crippen LogP contribution in [0.15, 0.2) is 54.6 Å². The molecule has 35 heavy (non-hydrogen) atoms. The number of methoxy groups -OCH3 is 1. The molecule has 0 fully saturated rings. The summed E-state index contributed by atoms with van der Waals surface area (Å²) in [6, 6.07) is 14.7. The van der Waals surface area contributed by atoms with Gasteiger partial charge in [-0.1, -0.05) is 36.4 Å². The Balaban J connectivity index is 1.33. The lowest BCUT2D eigenvalue weighted by atomic mass is 9.85. The third-order valence-corrected chi connectivity index (χ3v) is 8.39. The minimum atomic E-state index is -3.03. The van der Waals surface area contributed by atoms with Crippen molar-refractivity contribution in [1.82, 2.24) is 9.99 Å². The molecule has 8 nitrogen and oxygen atoms in total. The van der Waals surface area contributed by atoms with Crippen molar-refractivity contribution in [3.63, 3.8) is 0 Å². The first-order chi connectivity index (χ1) is 16.9. The molecule has 5 rings (SSSR count). The minimum Gasteiger partial charge on any atom is -0.494 e. The number of ether oxygens (including phenoxy) is 1. The lowest BCUT2D eigenvalue weighted by Gasteiger charge is -2.28. The smallest absolute Gasteiger partial charge is 0.335 e. The van der Waals surface area contributed by atoms with Gasteiger partial charge in [0.25, 0.3) is 0 Å². The van der Waals surface area contributed by atoms with Gasteiger partial charge in [0.2, 0.25) is 10.9 Å². The largest absolute Gasteiger partial charge is 0.494 e. The van der Waals surface area contributed by atoms with Crippen molar-refractivity contribution in [2.45, 2.75) is 38.3 Å². The molecule has 1 aliphatic carbocycles. The van der Waals surface area contributed by atoms with E-state index in [2.05, 4.69) is 30.3 Å². The maximum Gasteiger partial charge on any atom is 0.335 e. The van der Waals surface area contributed by atoms with E-state index >= 15 is 0 Å². The first kappa shape index (κ1) is 23.5.